The molecule has 0 bridgehead atoms. The van der Waals surface area contributed by atoms with Crippen molar-refractivity contribution in [3.63, 3.8) is 0 Å². The van der Waals surface area contributed by atoms with Gasteiger partial charge >= 0.3 is 0 Å². The summed E-state index contributed by atoms with van der Waals surface area (Å²) >= 11 is 1.78. The Labute approximate surface area is 153 Å². The van der Waals surface area contributed by atoms with Crippen molar-refractivity contribution in [2.24, 2.45) is 0 Å². The number of ether oxygens (including phenoxy) is 1. The summed E-state index contributed by atoms with van der Waals surface area (Å²) in [7, 11) is 0. The minimum atomic E-state index is 0. The molecule has 4 heteroatoms. The first-order valence-corrected chi connectivity index (χ1v) is 8.68. The molecule has 1 N–H and O–H groups in total. The summed E-state index contributed by atoms with van der Waals surface area (Å²) in [6, 6.07) is 20.9. The van der Waals surface area contributed by atoms with Crippen molar-refractivity contribution in [2.75, 3.05) is 0 Å². The van der Waals surface area contributed by atoms with Gasteiger partial charge in [-0.15, -0.1) is 23.7 Å². The van der Waals surface area contributed by atoms with Crippen LogP contribution < -0.4 is 10.1 Å². The Kier molecular flexibility index (Phi) is 7.32. The highest BCUT2D eigenvalue weighted by molar-refractivity contribution is 7.09. The van der Waals surface area contributed by atoms with Gasteiger partial charge in [0.05, 0.1) is 0 Å². The van der Waals surface area contributed by atoms with Crippen LogP contribution in [0.25, 0.3) is 0 Å². The highest BCUT2D eigenvalue weighted by Gasteiger charge is 2.04. The molecule has 0 radical (unpaired) electrons. The maximum Gasteiger partial charge on any atom is 0.124 e. The highest BCUT2D eigenvalue weighted by atomic mass is 35.5. The Bertz CT molecular complexity index is 726. The second-order valence-electron chi connectivity index (χ2n) is 5.56. The van der Waals surface area contributed by atoms with Gasteiger partial charge in [0.1, 0.15) is 12.4 Å². The monoisotopic (exact) mass is 359 g/mol. The van der Waals surface area contributed by atoms with E-state index < -0.39 is 0 Å². The molecule has 2 nitrogen and oxygen atoms in total. The van der Waals surface area contributed by atoms with Crippen molar-refractivity contribution < 1.29 is 4.74 Å². The van der Waals surface area contributed by atoms with Crippen LogP contribution in [0.5, 0.6) is 5.75 Å². The number of halogens is 1. The molecule has 126 valence electrons. The molecule has 1 heterocycles. The second kappa shape index (κ2) is 9.48. The van der Waals surface area contributed by atoms with Gasteiger partial charge in [-0.2, -0.15) is 0 Å². The van der Waals surface area contributed by atoms with Crippen LogP contribution in [-0.4, -0.2) is 0 Å². The molecule has 0 saturated carbocycles. The molecule has 0 spiro atoms. The van der Waals surface area contributed by atoms with Gasteiger partial charge in [0.25, 0.3) is 0 Å². The van der Waals surface area contributed by atoms with Crippen LogP contribution >= 0.6 is 23.7 Å². The van der Waals surface area contributed by atoms with E-state index in [-0.39, 0.29) is 12.4 Å². The second-order valence-corrected chi connectivity index (χ2v) is 6.60. The van der Waals surface area contributed by atoms with Gasteiger partial charge in [-0.3, -0.25) is 0 Å². The molecule has 24 heavy (non-hydrogen) atoms. The topological polar surface area (TPSA) is 21.3 Å². The number of para-hydroxylation sites is 1. The van der Waals surface area contributed by atoms with Crippen LogP contribution in [0.2, 0.25) is 0 Å². The summed E-state index contributed by atoms with van der Waals surface area (Å²) < 4.78 is 6.01. The Morgan fingerprint density at radius 3 is 2.46 bits per heavy atom. The molecule has 3 aromatic rings. The van der Waals surface area contributed by atoms with Gasteiger partial charge in [0, 0.05) is 23.5 Å². The first-order chi connectivity index (χ1) is 11.3. The molecule has 3 rings (SSSR count). The van der Waals surface area contributed by atoms with E-state index >= 15 is 0 Å². The van der Waals surface area contributed by atoms with E-state index in [0.29, 0.717) is 6.61 Å². The van der Waals surface area contributed by atoms with Crippen molar-refractivity contribution in [2.45, 2.75) is 26.6 Å². The van der Waals surface area contributed by atoms with Gasteiger partial charge in [-0.05, 0) is 30.0 Å². The fourth-order valence-corrected chi connectivity index (χ4v) is 3.04. The number of rotatable bonds is 7. The van der Waals surface area contributed by atoms with Crippen molar-refractivity contribution in [3.8, 4) is 5.75 Å². The molecule has 0 atom stereocenters. The lowest BCUT2D eigenvalue weighted by Crippen LogP contribution is -2.12. The van der Waals surface area contributed by atoms with Crippen molar-refractivity contribution in [1.29, 1.82) is 0 Å². The Morgan fingerprint density at radius 1 is 0.917 bits per heavy atom. The van der Waals surface area contributed by atoms with Crippen LogP contribution in [0.3, 0.4) is 0 Å². The van der Waals surface area contributed by atoms with E-state index in [1.807, 2.05) is 12.1 Å². The van der Waals surface area contributed by atoms with E-state index in [2.05, 4.69) is 66.2 Å². The number of hydrogen-bond donors (Lipinski definition) is 1. The standard InChI is InChI=1S/C20H21NOS.ClH/c1-16-8-10-17(11-9-16)15-22-20-7-3-2-5-18(20)13-21-14-19-6-4-12-23-19;/h2-12,21H,13-15H2,1H3;1H. The minimum absolute atomic E-state index is 0. The molecule has 1 aromatic heterocycles. The fraction of sp³-hybridized carbons (Fsp3) is 0.200. The first kappa shape index (κ1) is 18.5. The number of benzene rings is 2. The quantitative estimate of drug-likeness (QED) is 0.614. The van der Waals surface area contributed by atoms with Gasteiger partial charge in [0.15, 0.2) is 0 Å². The molecule has 2 aromatic carbocycles. The third-order valence-corrected chi connectivity index (χ3v) is 4.56. The summed E-state index contributed by atoms with van der Waals surface area (Å²) in [5, 5.41) is 5.59. The maximum absolute atomic E-state index is 6.01. The molecule has 0 aliphatic heterocycles. The van der Waals surface area contributed by atoms with Crippen molar-refractivity contribution >= 4 is 23.7 Å². The van der Waals surface area contributed by atoms with E-state index in [9.17, 15) is 0 Å². The lowest BCUT2D eigenvalue weighted by atomic mass is 10.1. The Balaban J connectivity index is 0.00000208. The van der Waals surface area contributed by atoms with Crippen LogP contribution in [0.4, 0.5) is 0 Å². The average molecular weight is 360 g/mol. The van der Waals surface area contributed by atoms with E-state index in [4.69, 9.17) is 4.74 Å². The predicted molar refractivity (Wildman–Crippen MR) is 104 cm³/mol. The molecule has 0 aliphatic rings. The molecule has 0 unspecified atom stereocenters. The van der Waals surface area contributed by atoms with Gasteiger partial charge in [0.2, 0.25) is 0 Å². The fourth-order valence-electron chi connectivity index (χ4n) is 2.37. The largest absolute Gasteiger partial charge is 0.489 e. The lowest BCUT2D eigenvalue weighted by Gasteiger charge is -2.12. The summed E-state index contributed by atoms with van der Waals surface area (Å²) in [5.74, 6) is 0.951. The number of thiophene rings is 1. The van der Waals surface area contributed by atoms with E-state index in [1.165, 1.54) is 21.6 Å². The summed E-state index contributed by atoms with van der Waals surface area (Å²) in [5.41, 5.74) is 3.65. The zero-order valence-corrected chi connectivity index (χ0v) is 15.3. The van der Waals surface area contributed by atoms with Crippen LogP contribution in [-0.2, 0) is 19.7 Å². The predicted octanol–water partition coefficient (Wildman–Crippen LogP) is 5.35. The molecule has 0 fully saturated rings. The third kappa shape index (κ3) is 5.38. The van der Waals surface area contributed by atoms with Gasteiger partial charge in [-0.25, -0.2) is 0 Å². The number of aryl methyl sites for hydroxylation is 1. The van der Waals surface area contributed by atoms with Crippen molar-refractivity contribution in [1.82, 2.24) is 5.32 Å². The summed E-state index contributed by atoms with van der Waals surface area (Å²) in [6.07, 6.45) is 0. The smallest absolute Gasteiger partial charge is 0.124 e. The van der Waals surface area contributed by atoms with E-state index in [1.54, 1.807) is 11.3 Å². The number of nitrogens with one attached hydrogen (secondary N) is 1. The third-order valence-electron chi connectivity index (χ3n) is 3.68. The highest BCUT2D eigenvalue weighted by Crippen LogP contribution is 2.20. The first-order valence-electron chi connectivity index (χ1n) is 7.80. The van der Waals surface area contributed by atoms with Crippen LogP contribution in [0, 0.1) is 6.92 Å². The zero-order valence-electron chi connectivity index (χ0n) is 13.7. The molecule has 0 saturated heterocycles. The van der Waals surface area contributed by atoms with E-state index in [0.717, 1.165) is 18.8 Å². The molecule has 0 amide bonds. The van der Waals surface area contributed by atoms with Crippen LogP contribution in [0.1, 0.15) is 21.6 Å². The summed E-state index contributed by atoms with van der Waals surface area (Å²) in [4.78, 5) is 1.35. The van der Waals surface area contributed by atoms with Gasteiger partial charge < -0.3 is 10.1 Å². The zero-order chi connectivity index (χ0) is 15.9. The minimum Gasteiger partial charge on any atom is -0.489 e. The molecular weight excluding hydrogens is 338 g/mol. The lowest BCUT2D eigenvalue weighted by molar-refractivity contribution is 0.302. The SMILES string of the molecule is Cc1ccc(COc2ccccc2CNCc2cccs2)cc1.Cl. The Hall–Kier alpha value is -1.81. The van der Waals surface area contributed by atoms with Crippen molar-refractivity contribution in [3.05, 3.63) is 87.6 Å². The van der Waals surface area contributed by atoms with Gasteiger partial charge in [-0.1, -0.05) is 54.1 Å². The number of hydrogen-bond acceptors (Lipinski definition) is 3. The average Bonchev–Trinajstić information content (AvgIpc) is 3.09. The molecule has 0 aliphatic carbocycles. The normalized spacial score (nSPS) is 10.2. The summed E-state index contributed by atoms with van der Waals surface area (Å²) in [6.45, 7) is 4.40. The maximum atomic E-state index is 6.01. The van der Waals surface area contributed by atoms with Crippen LogP contribution in [0.15, 0.2) is 66.0 Å². The molecular formula is C20H22ClNOS. The Morgan fingerprint density at radius 2 is 1.71 bits per heavy atom.